The first-order valence-electron chi connectivity index (χ1n) is 6.52. The molecule has 1 rings (SSSR count). The summed E-state index contributed by atoms with van der Waals surface area (Å²) in [5, 5.41) is 9.03. The smallest absolute Gasteiger partial charge is 0.115 e. The molecule has 0 atom stereocenters. The van der Waals surface area contributed by atoms with Gasteiger partial charge in [0.05, 0.1) is 0 Å². The third kappa shape index (κ3) is 8.34. The number of rotatable bonds is 5. The van der Waals surface area contributed by atoms with Gasteiger partial charge in [-0.15, -0.1) is 0 Å². The van der Waals surface area contributed by atoms with Gasteiger partial charge in [0.1, 0.15) is 5.75 Å². The Morgan fingerprint density at radius 3 is 1.81 bits per heavy atom. The number of phenolic OH excluding ortho intramolecular Hbond substituents is 1. The molecule has 1 N–H and O–H groups in total. The number of unbranched alkanes of at least 4 members (excludes halogenated alkanes) is 3. The van der Waals surface area contributed by atoms with Crippen molar-refractivity contribution in [3.05, 3.63) is 29.8 Å². The molecule has 0 saturated carbocycles. The number of aryl methyl sites for hydroxylation is 1. The largest absolute Gasteiger partial charge is 0.508 e. The van der Waals surface area contributed by atoms with Gasteiger partial charge in [0.2, 0.25) is 0 Å². The molecule has 16 heavy (non-hydrogen) atoms. The van der Waals surface area contributed by atoms with E-state index in [4.69, 9.17) is 5.11 Å². The van der Waals surface area contributed by atoms with Crippen LogP contribution in [0.2, 0.25) is 0 Å². The molecule has 0 amide bonds. The second kappa shape index (κ2) is 10.5. The Bertz CT molecular complexity index is 236. The van der Waals surface area contributed by atoms with Crippen molar-refractivity contribution in [3.8, 4) is 5.75 Å². The molecule has 0 saturated heterocycles. The van der Waals surface area contributed by atoms with Crippen molar-refractivity contribution in [2.45, 2.75) is 59.3 Å². The predicted octanol–water partition coefficient (Wildman–Crippen LogP) is 4.93. The van der Waals surface area contributed by atoms with E-state index in [2.05, 4.69) is 20.8 Å². The van der Waals surface area contributed by atoms with Crippen LogP contribution in [0.15, 0.2) is 24.3 Å². The van der Waals surface area contributed by atoms with Gasteiger partial charge >= 0.3 is 0 Å². The van der Waals surface area contributed by atoms with Crippen LogP contribution >= 0.6 is 0 Å². The second-order valence-corrected chi connectivity index (χ2v) is 4.12. The number of hydrogen-bond acceptors (Lipinski definition) is 1. The molecule has 1 heteroatoms. The molecule has 0 aliphatic heterocycles. The van der Waals surface area contributed by atoms with Gasteiger partial charge in [0.15, 0.2) is 0 Å². The summed E-state index contributed by atoms with van der Waals surface area (Å²) in [5.41, 5.74) is 1.32. The quantitative estimate of drug-likeness (QED) is 0.700. The highest BCUT2D eigenvalue weighted by Crippen LogP contribution is 2.12. The first-order valence-corrected chi connectivity index (χ1v) is 6.52. The summed E-state index contributed by atoms with van der Waals surface area (Å²) >= 11 is 0. The molecular formula is C15H26O. The molecule has 0 aliphatic carbocycles. The van der Waals surface area contributed by atoms with Crippen LogP contribution in [-0.4, -0.2) is 5.11 Å². The van der Waals surface area contributed by atoms with Gasteiger partial charge in [-0.25, -0.2) is 0 Å². The van der Waals surface area contributed by atoms with E-state index in [0.29, 0.717) is 5.75 Å². The summed E-state index contributed by atoms with van der Waals surface area (Å²) in [4.78, 5) is 0. The lowest BCUT2D eigenvalue weighted by atomic mass is 10.1. The summed E-state index contributed by atoms with van der Waals surface area (Å²) in [7, 11) is 0. The van der Waals surface area contributed by atoms with Crippen molar-refractivity contribution in [1.82, 2.24) is 0 Å². The first kappa shape index (κ1) is 15.0. The highest BCUT2D eigenvalue weighted by Gasteiger charge is 1.92. The van der Waals surface area contributed by atoms with Crippen LogP contribution in [-0.2, 0) is 6.42 Å². The number of phenols is 1. The third-order valence-electron chi connectivity index (χ3n) is 2.51. The van der Waals surface area contributed by atoms with Gasteiger partial charge in [-0.1, -0.05) is 58.6 Å². The summed E-state index contributed by atoms with van der Waals surface area (Å²) < 4.78 is 0. The molecule has 0 heterocycles. The Morgan fingerprint density at radius 1 is 0.812 bits per heavy atom. The highest BCUT2D eigenvalue weighted by atomic mass is 16.3. The zero-order chi connectivity index (χ0) is 12.2. The maximum Gasteiger partial charge on any atom is 0.115 e. The minimum absolute atomic E-state index is 0.356. The van der Waals surface area contributed by atoms with Crippen LogP contribution in [0, 0.1) is 0 Å². The molecule has 92 valence electrons. The summed E-state index contributed by atoms with van der Waals surface area (Å²) in [5.74, 6) is 0.356. The maximum absolute atomic E-state index is 9.03. The van der Waals surface area contributed by atoms with Crippen molar-refractivity contribution in [2.24, 2.45) is 0 Å². The van der Waals surface area contributed by atoms with E-state index < -0.39 is 0 Å². The van der Waals surface area contributed by atoms with Crippen LogP contribution in [0.5, 0.6) is 5.75 Å². The number of hydrogen-bond donors (Lipinski definition) is 1. The van der Waals surface area contributed by atoms with Gasteiger partial charge in [0, 0.05) is 0 Å². The van der Waals surface area contributed by atoms with E-state index in [1.807, 2.05) is 12.1 Å². The van der Waals surface area contributed by atoms with Gasteiger partial charge < -0.3 is 5.11 Å². The number of aromatic hydroxyl groups is 1. The minimum Gasteiger partial charge on any atom is -0.508 e. The fourth-order valence-electron chi connectivity index (χ4n) is 1.24. The average molecular weight is 222 g/mol. The molecular weight excluding hydrogens is 196 g/mol. The Morgan fingerprint density at radius 2 is 1.38 bits per heavy atom. The molecule has 0 aliphatic rings. The maximum atomic E-state index is 9.03. The average Bonchev–Trinajstić information content (AvgIpc) is 2.32. The SMILES string of the molecule is CCCC.CCCCCc1ccc(O)cc1. The predicted molar refractivity (Wildman–Crippen MR) is 71.9 cm³/mol. The zero-order valence-corrected chi connectivity index (χ0v) is 11.0. The normalized spacial score (nSPS) is 9.44. The van der Waals surface area contributed by atoms with E-state index in [1.165, 1.54) is 37.7 Å². The van der Waals surface area contributed by atoms with E-state index in [1.54, 1.807) is 12.1 Å². The lowest BCUT2D eigenvalue weighted by molar-refractivity contribution is 0.475. The minimum atomic E-state index is 0.356. The fraction of sp³-hybridized carbons (Fsp3) is 0.600. The van der Waals surface area contributed by atoms with Crippen molar-refractivity contribution in [1.29, 1.82) is 0 Å². The molecule has 0 fully saturated rings. The highest BCUT2D eigenvalue weighted by molar-refractivity contribution is 5.25. The lowest BCUT2D eigenvalue weighted by Gasteiger charge is -1.99. The summed E-state index contributed by atoms with van der Waals surface area (Å²) in [6.45, 7) is 6.57. The second-order valence-electron chi connectivity index (χ2n) is 4.12. The Kier molecular flexibility index (Phi) is 9.89. The molecule has 1 aromatic rings. The summed E-state index contributed by atoms with van der Waals surface area (Å²) in [6, 6.07) is 7.48. The van der Waals surface area contributed by atoms with E-state index in [-0.39, 0.29) is 0 Å². The van der Waals surface area contributed by atoms with Crippen molar-refractivity contribution in [3.63, 3.8) is 0 Å². The fourth-order valence-corrected chi connectivity index (χ4v) is 1.24. The van der Waals surface area contributed by atoms with Crippen molar-refractivity contribution >= 4 is 0 Å². The standard InChI is InChI=1S/C11H16O.C4H10/c1-2-3-4-5-10-6-8-11(12)9-7-10;1-3-4-2/h6-9,12H,2-5H2,1H3;3-4H2,1-2H3. The van der Waals surface area contributed by atoms with E-state index in [9.17, 15) is 0 Å². The molecule has 1 nitrogen and oxygen atoms in total. The van der Waals surface area contributed by atoms with Crippen LogP contribution in [0.1, 0.15) is 58.4 Å². The van der Waals surface area contributed by atoms with Gasteiger partial charge in [0.25, 0.3) is 0 Å². The van der Waals surface area contributed by atoms with Crippen LogP contribution in [0.3, 0.4) is 0 Å². The monoisotopic (exact) mass is 222 g/mol. The molecule has 0 unspecified atom stereocenters. The Hall–Kier alpha value is -0.980. The van der Waals surface area contributed by atoms with Crippen molar-refractivity contribution < 1.29 is 5.11 Å². The van der Waals surface area contributed by atoms with Gasteiger partial charge in [-0.05, 0) is 30.5 Å². The third-order valence-corrected chi connectivity index (χ3v) is 2.51. The van der Waals surface area contributed by atoms with Crippen molar-refractivity contribution in [2.75, 3.05) is 0 Å². The molecule has 0 aromatic heterocycles. The molecule has 0 radical (unpaired) electrons. The van der Waals surface area contributed by atoms with E-state index in [0.717, 1.165) is 6.42 Å². The summed E-state index contributed by atoms with van der Waals surface area (Å²) in [6.07, 6.45) is 7.58. The van der Waals surface area contributed by atoms with Crippen LogP contribution in [0.4, 0.5) is 0 Å². The van der Waals surface area contributed by atoms with E-state index >= 15 is 0 Å². The van der Waals surface area contributed by atoms with Crippen LogP contribution < -0.4 is 0 Å². The molecule has 0 spiro atoms. The van der Waals surface area contributed by atoms with Gasteiger partial charge in [-0.3, -0.25) is 0 Å². The Balaban J connectivity index is 0.000000487. The van der Waals surface area contributed by atoms with Crippen LogP contribution in [0.25, 0.3) is 0 Å². The number of benzene rings is 1. The Labute approximate surface area is 101 Å². The molecule has 1 aromatic carbocycles. The molecule has 0 bridgehead atoms. The van der Waals surface area contributed by atoms with Gasteiger partial charge in [-0.2, -0.15) is 0 Å². The first-order chi connectivity index (χ1) is 7.74. The topological polar surface area (TPSA) is 20.2 Å². The lowest BCUT2D eigenvalue weighted by Crippen LogP contribution is -1.83. The zero-order valence-electron chi connectivity index (χ0n) is 11.0.